The second-order valence-electron chi connectivity index (χ2n) is 9.21. The van der Waals surface area contributed by atoms with Crippen LogP contribution in [0.5, 0.6) is 11.5 Å². The molecule has 1 aliphatic heterocycles. The first-order valence-corrected chi connectivity index (χ1v) is 11.5. The molecule has 3 N–H and O–H groups in total. The molecule has 6 heteroatoms. The van der Waals surface area contributed by atoms with Crippen molar-refractivity contribution in [2.45, 2.75) is 52.5 Å². The molecule has 166 valence electrons. The molecule has 1 fully saturated rings. The lowest BCUT2D eigenvalue weighted by molar-refractivity contribution is 0.445. The number of aryl methyl sites for hydroxylation is 2. The van der Waals surface area contributed by atoms with E-state index in [9.17, 15) is 10.2 Å². The number of hydrogen-bond acceptors (Lipinski definition) is 3. The van der Waals surface area contributed by atoms with E-state index in [0.29, 0.717) is 16.6 Å². The number of phenols is 2. The fraction of sp³-hybridized carbons (Fsp3) is 0.346. The van der Waals surface area contributed by atoms with Gasteiger partial charge >= 0.3 is 0 Å². The van der Waals surface area contributed by atoms with Gasteiger partial charge in [0, 0.05) is 47.0 Å². The van der Waals surface area contributed by atoms with Crippen molar-refractivity contribution in [2.75, 3.05) is 4.90 Å². The van der Waals surface area contributed by atoms with Crippen molar-refractivity contribution >= 4 is 39.6 Å². The van der Waals surface area contributed by atoms with Gasteiger partial charge in [0.05, 0.1) is 5.70 Å². The lowest BCUT2D eigenvalue weighted by Crippen LogP contribution is -2.48. The van der Waals surface area contributed by atoms with E-state index in [1.807, 2.05) is 11.0 Å². The molecule has 1 aromatic heterocycles. The van der Waals surface area contributed by atoms with Gasteiger partial charge in [0.2, 0.25) is 0 Å². The number of phenolic OH excluding ortho intramolecular Hbond substituents is 2. The highest BCUT2D eigenvalue weighted by Crippen LogP contribution is 2.48. The van der Waals surface area contributed by atoms with E-state index in [2.05, 4.69) is 62.8 Å². The molecule has 0 amide bonds. The monoisotopic (exact) mass is 447 g/mol. The minimum Gasteiger partial charge on any atom is -0.508 e. The Morgan fingerprint density at radius 1 is 1.03 bits per heavy atom. The molecule has 0 saturated heterocycles. The zero-order chi connectivity index (χ0) is 22.9. The van der Waals surface area contributed by atoms with E-state index in [0.717, 1.165) is 35.4 Å². The van der Waals surface area contributed by atoms with E-state index in [4.69, 9.17) is 12.2 Å². The Morgan fingerprint density at radius 3 is 2.44 bits per heavy atom. The van der Waals surface area contributed by atoms with Gasteiger partial charge in [-0.25, -0.2) is 0 Å². The largest absolute Gasteiger partial charge is 0.508 e. The second-order valence-corrected chi connectivity index (χ2v) is 9.60. The third-order valence-electron chi connectivity index (χ3n) is 7.26. The van der Waals surface area contributed by atoms with Crippen molar-refractivity contribution in [1.82, 2.24) is 9.88 Å². The Kier molecular flexibility index (Phi) is 4.75. The number of benzene rings is 2. The Bertz CT molecular complexity index is 1320. The van der Waals surface area contributed by atoms with Crippen molar-refractivity contribution in [1.29, 1.82) is 0 Å². The van der Waals surface area contributed by atoms with Crippen LogP contribution in [0.3, 0.4) is 0 Å². The summed E-state index contributed by atoms with van der Waals surface area (Å²) < 4.78 is 2.21. The van der Waals surface area contributed by atoms with E-state index in [1.54, 1.807) is 0 Å². The molecule has 1 atom stereocenters. The van der Waals surface area contributed by atoms with Gasteiger partial charge in [0.25, 0.3) is 0 Å². The maximum atomic E-state index is 10.9. The molecule has 0 radical (unpaired) electrons. The molecule has 1 unspecified atom stereocenters. The third kappa shape index (κ3) is 3.08. The Labute approximate surface area is 194 Å². The smallest absolute Gasteiger partial charge is 0.178 e. The normalized spacial score (nSPS) is 19.1. The van der Waals surface area contributed by atoms with Gasteiger partial charge in [-0.2, -0.15) is 0 Å². The van der Waals surface area contributed by atoms with Gasteiger partial charge in [0.15, 0.2) is 5.11 Å². The number of anilines is 1. The molecule has 2 aliphatic rings. The predicted molar refractivity (Wildman–Crippen MR) is 134 cm³/mol. The third-order valence-corrected chi connectivity index (χ3v) is 7.56. The second kappa shape index (κ2) is 7.27. The van der Waals surface area contributed by atoms with Gasteiger partial charge in [0.1, 0.15) is 11.5 Å². The van der Waals surface area contributed by atoms with Crippen molar-refractivity contribution < 1.29 is 10.2 Å². The van der Waals surface area contributed by atoms with E-state index in [-0.39, 0.29) is 17.5 Å². The summed E-state index contributed by atoms with van der Waals surface area (Å²) in [6.45, 7) is 8.42. The lowest BCUT2D eigenvalue weighted by Gasteiger charge is -2.38. The quantitative estimate of drug-likeness (QED) is 0.457. The first kappa shape index (κ1) is 20.9. The highest BCUT2D eigenvalue weighted by Gasteiger charge is 2.33. The summed E-state index contributed by atoms with van der Waals surface area (Å²) in [4.78, 5) is 2.02. The van der Waals surface area contributed by atoms with Crippen LogP contribution in [-0.2, 0) is 7.05 Å². The van der Waals surface area contributed by atoms with Crippen LogP contribution < -0.4 is 10.2 Å². The fourth-order valence-electron chi connectivity index (χ4n) is 4.81. The minimum atomic E-state index is 0.0377. The van der Waals surface area contributed by atoms with Crippen molar-refractivity contribution in [3.8, 4) is 11.5 Å². The first-order valence-electron chi connectivity index (χ1n) is 11.1. The van der Waals surface area contributed by atoms with Crippen LogP contribution in [0.2, 0.25) is 0 Å². The summed E-state index contributed by atoms with van der Waals surface area (Å²) in [7, 11) is 2.09. The molecule has 1 aliphatic carbocycles. The summed E-state index contributed by atoms with van der Waals surface area (Å²) in [6, 6.07) is 9.85. The van der Waals surface area contributed by atoms with E-state index < -0.39 is 0 Å². The van der Waals surface area contributed by atoms with Crippen LogP contribution in [0.15, 0.2) is 35.9 Å². The molecule has 2 heterocycles. The molecule has 3 aromatic rings. The van der Waals surface area contributed by atoms with Gasteiger partial charge in [-0.15, -0.1) is 0 Å². The molecular weight excluding hydrogens is 418 g/mol. The van der Waals surface area contributed by atoms with Crippen LogP contribution in [0.1, 0.15) is 55.0 Å². The zero-order valence-corrected chi connectivity index (χ0v) is 20.0. The number of hydrogen-bond donors (Lipinski definition) is 3. The number of thiocarbonyl (C=S) groups is 1. The van der Waals surface area contributed by atoms with Crippen LogP contribution in [-0.4, -0.2) is 25.9 Å². The maximum absolute atomic E-state index is 10.9. The molecule has 5 rings (SSSR count). The van der Waals surface area contributed by atoms with Gasteiger partial charge < -0.3 is 20.1 Å². The number of nitrogens with zero attached hydrogens (tertiary/aromatic N) is 2. The zero-order valence-electron chi connectivity index (χ0n) is 19.2. The summed E-state index contributed by atoms with van der Waals surface area (Å²) >= 11 is 5.81. The van der Waals surface area contributed by atoms with Gasteiger partial charge in [-0.05, 0) is 99.6 Å². The molecule has 2 aromatic carbocycles. The number of rotatable bonds is 3. The maximum Gasteiger partial charge on any atom is 0.178 e. The van der Waals surface area contributed by atoms with Crippen molar-refractivity contribution in [2.24, 2.45) is 7.05 Å². The molecular formula is C26H29N3O2S. The van der Waals surface area contributed by atoms with E-state index >= 15 is 0 Å². The topological polar surface area (TPSA) is 60.7 Å². The predicted octanol–water partition coefficient (Wildman–Crippen LogP) is 5.60. The Hall–Kier alpha value is -2.99. The van der Waals surface area contributed by atoms with Crippen LogP contribution in [0.4, 0.5) is 5.69 Å². The summed E-state index contributed by atoms with van der Waals surface area (Å²) in [5, 5.41) is 26.5. The number of aromatic nitrogens is 1. The minimum absolute atomic E-state index is 0.0377. The number of fused-ring (bicyclic) bond motifs is 1. The summed E-state index contributed by atoms with van der Waals surface area (Å²) in [5.74, 6) is 0.594. The van der Waals surface area contributed by atoms with E-state index in [1.165, 1.54) is 28.2 Å². The van der Waals surface area contributed by atoms with Crippen LogP contribution >= 0.6 is 12.2 Å². The average molecular weight is 448 g/mol. The van der Waals surface area contributed by atoms with Crippen LogP contribution in [0.25, 0.3) is 16.6 Å². The fourth-order valence-corrected chi connectivity index (χ4v) is 5.18. The lowest BCUT2D eigenvalue weighted by atomic mass is 9.95. The number of nitrogens with one attached hydrogen (secondary N) is 1. The highest BCUT2D eigenvalue weighted by molar-refractivity contribution is 7.80. The summed E-state index contributed by atoms with van der Waals surface area (Å²) in [5.41, 5.74) is 8.19. The molecule has 5 nitrogen and oxygen atoms in total. The highest BCUT2D eigenvalue weighted by atomic mass is 32.1. The van der Waals surface area contributed by atoms with Crippen molar-refractivity contribution in [3.63, 3.8) is 0 Å². The average Bonchev–Trinajstić information content (AvgIpc) is 3.57. The summed E-state index contributed by atoms with van der Waals surface area (Å²) in [6.07, 6.45) is 2.14. The Balaban J connectivity index is 1.73. The van der Waals surface area contributed by atoms with Crippen molar-refractivity contribution in [3.05, 3.63) is 58.3 Å². The molecule has 32 heavy (non-hydrogen) atoms. The standard InChI is InChI=1S/C26H29N3O2S/c1-13-15(3)27-26(32)29(18-8-9-22-19(10-18)14(2)16(4)28(22)5)25(13)21-11-20(17-6-7-17)23(30)12-24(21)31/h8-12,15,17,30-31H,6-7H2,1-5H3,(H,27,32). The first-order chi connectivity index (χ1) is 15.2. The van der Waals surface area contributed by atoms with Gasteiger partial charge in [-0.3, -0.25) is 4.90 Å². The molecule has 0 spiro atoms. The van der Waals surface area contributed by atoms with Crippen LogP contribution in [0, 0.1) is 13.8 Å². The number of aromatic hydroxyl groups is 2. The van der Waals surface area contributed by atoms with Gasteiger partial charge in [-0.1, -0.05) is 0 Å². The SMILES string of the molecule is CC1=C(c2cc(C3CC3)c(O)cc2O)N(c2ccc3c(c2)c(C)c(C)n3C)C(=S)NC1C. The molecule has 1 saturated carbocycles. The molecule has 0 bridgehead atoms. The Morgan fingerprint density at radius 2 is 1.75 bits per heavy atom.